The summed E-state index contributed by atoms with van der Waals surface area (Å²) < 4.78 is 51.8. The zero-order valence-corrected chi connectivity index (χ0v) is 27.4. The van der Waals surface area contributed by atoms with Crippen LogP contribution < -0.4 is 4.74 Å². The van der Waals surface area contributed by atoms with E-state index in [1.54, 1.807) is 30.3 Å². The SMILES string of the molecule is COc1ccc(/C=C/C(=O)OC2C(OC3C4C=COC(OC5OC(CO)C(O)C(O)C5O)C4C4(CO)OC34)OC(C)C(O)C2OC(C)=O)cc1. The Kier molecular flexibility index (Phi) is 10.8. The Morgan fingerprint density at radius 1 is 0.880 bits per heavy atom. The average Bonchev–Trinajstić information content (AvgIpc) is 3.78. The molecule has 0 aromatic heterocycles. The topological polar surface area (TPSA) is 242 Å². The Morgan fingerprint density at radius 3 is 2.28 bits per heavy atom. The van der Waals surface area contributed by atoms with E-state index < -0.39 is 122 Å². The molecule has 0 radical (unpaired) electrons. The fourth-order valence-corrected chi connectivity index (χ4v) is 7.06. The number of rotatable bonds is 11. The van der Waals surface area contributed by atoms with Gasteiger partial charge in [0.2, 0.25) is 6.29 Å². The second-order valence-corrected chi connectivity index (χ2v) is 12.8. The molecule has 1 aromatic carbocycles. The highest BCUT2D eigenvalue weighted by Gasteiger charge is 2.77. The van der Waals surface area contributed by atoms with Gasteiger partial charge in [0.15, 0.2) is 24.8 Å². The van der Waals surface area contributed by atoms with Crippen LogP contribution in [0.25, 0.3) is 6.08 Å². The predicted octanol–water partition coefficient (Wildman–Crippen LogP) is -1.89. The van der Waals surface area contributed by atoms with Crippen LogP contribution >= 0.6 is 0 Å². The van der Waals surface area contributed by atoms with Crippen molar-refractivity contribution in [1.82, 2.24) is 0 Å². The predicted molar refractivity (Wildman–Crippen MR) is 163 cm³/mol. The number of carbonyl (C=O) groups is 2. The van der Waals surface area contributed by atoms with E-state index in [0.29, 0.717) is 11.3 Å². The molecule has 0 spiro atoms. The molecular formula is C33H42O17. The minimum atomic E-state index is -1.72. The minimum Gasteiger partial charge on any atom is -0.497 e. The van der Waals surface area contributed by atoms with Gasteiger partial charge in [-0.3, -0.25) is 4.79 Å². The van der Waals surface area contributed by atoms with E-state index in [1.165, 1.54) is 26.4 Å². The van der Waals surface area contributed by atoms with Crippen LogP contribution in [0.2, 0.25) is 0 Å². The van der Waals surface area contributed by atoms with Gasteiger partial charge in [0.1, 0.15) is 48.0 Å². The van der Waals surface area contributed by atoms with E-state index >= 15 is 0 Å². The van der Waals surface area contributed by atoms with Crippen molar-refractivity contribution < 1.29 is 82.9 Å². The maximum absolute atomic E-state index is 13.1. The fraction of sp³-hybridized carbons (Fsp3) is 0.636. The third-order valence-electron chi connectivity index (χ3n) is 9.73. The molecule has 1 saturated carbocycles. The van der Waals surface area contributed by atoms with E-state index in [1.807, 2.05) is 0 Å². The third kappa shape index (κ3) is 6.88. The smallest absolute Gasteiger partial charge is 0.331 e. The first-order valence-electron chi connectivity index (χ1n) is 16.2. The zero-order valence-electron chi connectivity index (χ0n) is 27.4. The second kappa shape index (κ2) is 14.8. The summed E-state index contributed by atoms with van der Waals surface area (Å²) in [6.07, 6.45) is -11.7. The van der Waals surface area contributed by atoms with Crippen LogP contribution in [-0.4, -0.2) is 148 Å². The van der Waals surface area contributed by atoms with E-state index in [2.05, 4.69) is 0 Å². The Hall–Kier alpha value is -3.20. The summed E-state index contributed by atoms with van der Waals surface area (Å²) in [6.45, 7) is 1.50. The molecule has 0 bridgehead atoms. The minimum absolute atomic E-state index is 0.504. The number of carbonyl (C=O) groups excluding carboxylic acids is 2. The lowest BCUT2D eigenvalue weighted by atomic mass is 9.85. The van der Waals surface area contributed by atoms with Crippen LogP contribution in [0.5, 0.6) is 5.75 Å². The highest BCUT2D eigenvalue weighted by molar-refractivity contribution is 5.87. The molecule has 0 amide bonds. The van der Waals surface area contributed by atoms with Gasteiger partial charge in [0.05, 0.1) is 44.7 Å². The normalized spacial score (nSPS) is 43.4. The van der Waals surface area contributed by atoms with Crippen molar-refractivity contribution in [2.45, 2.75) is 99.4 Å². The van der Waals surface area contributed by atoms with Gasteiger partial charge in [-0.2, -0.15) is 0 Å². The van der Waals surface area contributed by atoms with E-state index in [9.17, 15) is 40.2 Å². The van der Waals surface area contributed by atoms with Gasteiger partial charge in [-0.05, 0) is 36.8 Å². The molecule has 16 unspecified atom stereocenters. The fourth-order valence-electron chi connectivity index (χ4n) is 7.06. The zero-order chi connectivity index (χ0) is 35.9. The van der Waals surface area contributed by atoms with Crippen LogP contribution in [0.3, 0.4) is 0 Å². The van der Waals surface area contributed by atoms with Crippen molar-refractivity contribution in [1.29, 1.82) is 0 Å². The van der Waals surface area contributed by atoms with Gasteiger partial charge in [-0.1, -0.05) is 12.1 Å². The Bertz CT molecular complexity index is 1420. The Labute approximate surface area is 286 Å². The van der Waals surface area contributed by atoms with Gasteiger partial charge in [0.25, 0.3) is 0 Å². The summed E-state index contributed by atoms with van der Waals surface area (Å²) in [6, 6.07) is 6.87. The molecule has 6 rings (SSSR count). The van der Waals surface area contributed by atoms with Crippen LogP contribution in [0.4, 0.5) is 0 Å². The summed E-state index contributed by atoms with van der Waals surface area (Å²) in [5.74, 6) is -2.36. The molecule has 4 aliphatic heterocycles. The lowest BCUT2D eigenvalue weighted by Gasteiger charge is -2.44. The standard InChI is InChI=1S/C33H42O17/c1-14-22(38)27(45-15(2)36)28(47-20(37)9-6-16-4-7-17(42-3)8-5-16)32(44-14)48-26-18-10-11-43-30(21(18)33(13-35)29(26)50-33)49-31-25(41)24(40)23(39)19(12-34)46-31/h4-11,14,18-19,21-32,34-35,38-41H,12-13H2,1-3H3/b9-6+. The molecule has 3 saturated heterocycles. The maximum atomic E-state index is 13.1. The van der Waals surface area contributed by atoms with Gasteiger partial charge >= 0.3 is 11.9 Å². The Morgan fingerprint density at radius 2 is 1.62 bits per heavy atom. The number of hydrogen-bond acceptors (Lipinski definition) is 17. The first kappa shape index (κ1) is 36.6. The first-order chi connectivity index (χ1) is 23.9. The molecule has 50 heavy (non-hydrogen) atoms. The molecule has 17 nitrogen and oxygen atoms in total. The van der Waals surface area contributed by atoms with Crippen LogP contribution in [-0.2, 0) is 47.5 Å². The van der Waals surface area contributed by atoms with Crippen molar-refractivity contribution in [2.75, 3.05) is 20.3 Å². The van der Waals surface area contributed by atoms with Crippen LogP contribution in [0, 0.1) is 11.8 Å². The summed E-state index contributed by atoms with van der Waals surface area (Å²) in [7, 11) is 1.53. The molecular weight excluding hydrogens is 668 g/mol. The number of esters is 2. The molecule has 1 aliphatic carbocycles. The van der Waals surface area contributed by atoms with Crippen molar-refractivity contribution in [3.05, 3.63) is 48.2 Å². The lowest BCUT2D eigenvalue weighted by molar-refractivity contribution is -0.347. The van der Waals surface area contributed by atoms with Crippen LogP contribution in [0.15, 0.2) is 42.7 Å². The highest BCUT2D eigenvalue weighted by atomic mass is 16.8. The number of epoxide rings is 1. The molecule has 5 aliphatic rings. The maximum Gasteiger partial charge on any atom is 0.331 e. The third-order valence-corrected chi connectivity index (χ3v) is 9.73. The summed E-state index contributed by atoms with van der Waals surface area (Å²) in [5, 5.41) is 62.1. The summed E-state index contributed by atoms with van der Waals surface area (Å²) in [5.41, 5.74) is -0.600. The Balaban J connectivity index is 1.22. The van der Waals surface area contributed by atoms with Crippen molar-refractivity contribution in [3.63, 3.8) is 0 Å². The largest absolute Gasteiger partial charge is 0.497 e. The van der Waals surface area contributed by atoms with Gasteiger partial charge < -0.3 is 73.3 Å². The highest BCUT2D eigenvalue weighted by Crippen LogP contribution is 2.61. The van der Waals surface area contributed by atoms with E-state index in [-0.39, 0.29) is 0 Å². The van der Waals surface area contributed by atoms with Crippen LogP contribution in [0.1, 0.15) is 19.4 Å². The van der Waals surface area contributed by atoms with E-state index in [0.717, 1.165) is 13.0 Å². The molecule has 16 atom stereocenters. The van der Waals surface area contributed by atoms with Gasteiger partial charge in [0, 0.05) is 18.9 Å². The molecule has 17 heteroatoms. The number of ether oxygens (including phenoxy) is 9. The lowest BCUT2D eigenvalue weighted by Crippen LogP contribution is -2.61. The molecule has 4 fully saturated rings. The van der Waals surface area contributed by atoms with Crippen molar-refractivity contribution in [3.8, 4) is 5.75 Å². The van der Waals surface area contributed by atoms with Gasteiger partial charge in [-0.15, -0.1) is 0 Å². The van der Waals surface area contributed by atoms with Crippen molar-refractivity contribution in [2.24, 2.45) is 11.8 Å². The number of methoxy groups -OCH3 is 1. The number of aliphatic hydroxyl groups excluding tert-OH is 6. The number of benzene rings is 1. The van der Waals surface area contributed by atoms with Gasteiger partial charge in [-0.25, -0.2) is 4.79 Å². The monoisotopic (exact) mass is 710 g/mol. The quantitative estimate of drug-likeness (QED) is 0.0835. The average molecular weight is 711 g/mol. The summed E-state index contributed by atoms with van der Waals surface area (Å²) in [4.78, 5) is 25.2. The number of aliphatic hydroxyl groups is 6. The van der Waals surface area contributed by atoms with Crippen molar-refractivity contribution >= 4 is 18.0 Å². The molecule has 1 aromatic rings. The van der Waals surface area contributed by atoms with E-state index in [4.69, 9.17) is 42.6 Å². The summed E-state index contributed by atoms with van der Waals surface area (Å²) >= 11 is 0. The second-order valence-electron chi connectivity index (χ2n) is 12.8. The first-order valence-corrected chi connectivity index (χ1v) is 16.2. The number of hydrogen-bond donors (Lipinski definition) is 6. The number of fused-ring (bicyclic) bond motifs is 3. The molecule has 276 valence electrons. The molecule has 4 heterocycles. The molecule has 6 N–H and O–H groups in total.